The summed E-state index contributed by atoms with van der Waals surface area (Å²) in [6.45, 7) is 9.54. The molecule has 1 rings (SSSR count). The summed E-state index contributed by atoms with van der Waals surface area (Å²) in [5, 5.41) is 0. The van der Waals surface area contributed by atoms with Gasteiger partial charge in [0.25, 0.3) is 0 Å². The quantitative estimate of drug-likeness (QED) is 0.429. The molecule has 1 fully saturated rings. The van der Waals surface area contributed by atoms with Crippen molar-refractivity contribution in [1.82, 2.24) is 0 Å². The van der Waals surface area contributed by atoms with Crippen molar-refractivity contribution < 1.29 is 0 Å². The van der Waals surface area contributed by atoms with Gasteiger partial charge in [0.05, 0.1) is 0 Å². The first-order chi connectivity index (χ1) is 8.22. The highest BCUT2D eigenvalue weighted by molar-refractivity contribution is 4.86. The molecule has 0 N–H and O–H groups in total. The van der Waals surface area contributed by atoms with Gasteiger partial charge in [0, 0.05) is 0 Å². The fourth-order valence-electron chi connectivity index (χ4n) is 3.75. The number of hydrogen-bond acceptors (Lipinski definition) is 0. The maximum atomic E-state index is 2.47. The summed E-state index contributed by atoms with van der Waals surface area (Å²) in [4.78, 5) is 0. The van der Waals surface area contributed by atoms with E-state index in [-0.39, 0.29) is 0 Å². The molecule has 0 heteroatoms. The minimum atomic E-state index is 1.02. The predicted molar refractivity (Wildman–Crippen MR) is 78.2 cm³/mol. The standard InChI is InChI=1S/C17H34/c1-5-8-9-10-15(6-2)11-12-17-14(4)13-16(17)7-3/h14-17H,5-13H2,1-4H3. The molecule has 0 spiro atoms. The zero-order chi connectivity index (χ0) is 12.7. The lowest BCUT2D eigenvalue weighted by Gasteiger charge is -2.43. The van der Waals surface area contributed by atoms with Gasteiger partial charge in [-0.05, 0) is 36.5 Å². The molecule has 1 aliphatic carbocycles. The van der Waals surface area contributed by atoms with E-state index in [2.05, 4.69) is 27.7 Å². The van der Waals surface area contributed by atoms with Crippen LogP contribution in [0, 0.1) is 23.7 Å². The van der Waals surface area contributed by atoms with E-state index in [0.717, 1.165) is 23.7 Å². The fourth-order valence-corrected chi connectivity index (χ4v) is 3.75. The molecule has 1 aliphatic rings. The summed E-state index contributed by atoms with van der Waals surface area (Å²) in [5.74, 6) is 4.18. The van der Waals surface area contributed by atoms with Crippen molar-refractivity contribution in [3.8, 4) is 0 Å². The Labute approximate surface area is 110 Å². The van der Waals surface area contributed by atoms with Gasteiger partial charge >= 0.3 is 0 Å². The van der Waals surface area contributed by atoms with Gasteiger partial charge in [-0.25, -0.2) is 0 Å². The lowest BCUT2D eigenvalue weighted by atomic mass is 9.62. The Morgan fingerprint density at radius 3 is 2.35 bits per heavy atom. The second kappa shape index (κ2) is 8.16. The molecule has 1 saturated carbocycles. The average molecular weight is 238 g/mol. The fraction of sp³-hybridized carbons (Fsp3) is 1.00. The van der Waals surface area contributed by atoms with Crippen LogP contribution in [0.3, 0.4) is 0 Å². The largest absolute Gasteiger partial charge is 0.0654 e. The van der Waals surface area contributed by atoms with Gasteiger partial charge in [0.1, 0.15) is 0 Å². The van der Waals surface area contributed by atoms with Crippen LogP contribution in [-0.2, 0) is 0 Å². The molecule has 0 bridgehead atoms. The SMILES string of the molecule is CCCCCC(CC)CCC1C(C)CC1CC. The third-order valence-electron chi connectivity index (χ3n) is 5.24. The van der Waals surface area contributed by atoms with Crippen LogP contribution in [-0.4, -0.2) is 0 Å². The lowest BCUT2D eigenvalue weighted by molar-refractivity contribution is 0.0666. The van der Waals surface area contributed by atoms with E-state index in [9.17, 15) is 0 Å². The van der Waals surface area contributed by atoms with Crippen molar-refractivity contribution >= 4 is 0 Å². The van der Waals surface area contributed by atoms with Crippen molar-refractivity contribution in [2.24, 2.45) is 23.7 Å². The molecule has 102 valence electrons. The molecule has 4 unspecified atom stereocenters. The van der Waals surface area contributed by atoms with Gasteiger partial charge in [-0.2, -0.15) is 0 Å². The summed E-state index contributed by atoms with van der Waals surface area (Å²) >= 11 is 0. The van der Waals surface area contributed by atoms with E-state index in [4.69, 9.17) is 0 Å². The molecule has 0 heterocycles. The predicted octanol–water partition coefficient (Wildman–Crippen LogP) is 6.06. The maximum Gasteiger partial charge on any atom is -0.0360 e. The van der Waals surface area contributed by atoms with Crippen LogP contribution in [0.1, 0.15) is 85.5 Å². The first-order valence-corrected chi connectivity index (χ1v) is 8.22. The van der Waals surface area contributed by atoms with Gasteiger partial charge in [-0.15, -0.1) is 0 Å². The first-order valence-electron chi connectivity index (χ1n) is 8.22. The van der Waals surface area contributed by atoms with Crippen molar-refractivity contribution in [1.29, 1.82) is 0 Å². The summed E-state index contributed by atoms with van der Waals surface area (Å²) in [6.07, 6.45) is 13.1. The monoisotopic (exact) mass is 238 g/mol. The van der Waals surface area contributed by atoms with Gasteiger partial charge in [-0.1, -0.05) is 72.6 Å². The smallest absolute Gasteiger partial charge is 0.0360 e. The molecule has 0 aromatic carbocycles. The first kappa shape index (κ1) is 15.1. The highest BCUT2D eigenvalue weighted by Gasteiger charge is 2.35. The lowest BCUT2D eigenvalue weighted by Crippen LogP contribution is -2.34. The van der Waals surface area contributed by atoms with E-state index in [1.165, 1.54) is 57.8 Å². The molecule has 17 heavy (non-hydrogen) atoms. The molecular weight excluding hydrogens is 204 g/mol. The number of unbranched alkanes of at least 4 members (excludes halogenated alkanes) is 2. The summed E-state index contributed by atoms with van der Waals surface area (Å²) in [6, 6.07) is 0. The van der Waals surface area contributed by atoms with Gasteiger partial charge in [0.2, 0.25) is 0 Å². The molecule has 0 aromatic rings. The Morgan fingerprint density at radius 1 is 1.06 bits per heavy atom. The van der Waals surface area contributed by atoms with E-state index >= 15 is 0 Å². The van der Waals surface area contributed by atoms with E-state index in [0.29, 0.717) is 0 Å². The third-order valence-corrected chi connectivity index (χ3v) is 5.24. The highest BCUT2D eigenvalue weighted by atomic mass is 14.4. The Hall–Kier alpha value is 0. The molecule has 0 nitrogen and oxygen atoms in total. The zero-order valence-electron chi connectivity index (χ0n) is 12.7. The van der Waals surface area contributed by atoms with Crippen LogP contribution in [0.4, 0.5) is 0 Å². The van der Waals surface area contributed by atoms with Crippen LogP contribution >= 0.6 is 0 Å². The van der Waals surface area contributed by atoms with Crippen LogP contribution in [0.5, 0.6) is 0 Å². The Bertz CT molecular complexity index is 184. The van der Waals surface area contributed by atoms with Gasteiger partial charge < -0.3 is 0 Å². The maximum absolute atomic E-state index is 2.47. The second-order valence-corrected chi connectivity index (χ2v) is 6.39. The molecule has 0 saturated heterocycles. The van der Waals surface area contributed by atoms with Crippen LogP contribution in [0.15, 0.2) is 0 Å². The third kappa shape index (κ3) is 4.64. The Morgan fingerprint density at radius 2 is 1.82 bits per heavy atom. The zero-order valence-corrected chi connectivity index (χ0v) is 12.7. The molecule has 0 aliphatic heterocycles. The molecule has 4 atom stereocenters. The molecular formula is C17H34. The second-order valence-electron chi connectivity index (χ2n) is 6.39. The topological polar surface area (TPSA) is 0 Å². The van der Waals surface area contributed by atoms with Crippen molar-refractivity contribution in [3.63, 3.8) is 0 Å². The molecule has 0 aromatic heterocycles. The van der Waals surface area contributed by atoms with Gasteiger partial charge in [-0.3, -0.25) is 0 Å². The number of rotatable bonds is 9. The van der Waals surface area contributed by atoms with Crippen molar-refractivity contribution in [2.75, 3.05) is 0 Å². The molecule has 0 radical (unpaired) electrons. The van der Waals surface area contributed by atoms with E-state index < -0.39 is 0 Å². The summed E-state index contributed by atoms with van der Waals surface area (Å²) in [7, 11) is 0. The summed E-state index contributed by atoms with van der Waals surface area (Å²) in [5.41, 5.74) is 0. The normalized spacial score (nSPS) is 30.0. The minimum Gasteiger partial charge on any atom is -0.0654 e. The average Bonchev–Trinajstić information content (AvgIpc) is 2.33. The van der Waals surface area contributed by atoms with E-state index in [1.54, 1.807) is 0 Å². The molecule has 0 amide bonds. The highest BCUT2D eigenvalue weighted by Crippen LogP contribution is 2.45. The Balaban J connectivity index is 2.17. The van der Waals surface area contributed by atoms with Crippen LogP contribution in [0.25, 0.3) is 0 Å². The summed E-state index contributed by atoms with van der Waals surface area (Å²) < 4.78 is 0. The van der Waals surface area contributed by atoms with Crippen LogP contribution < -0.4 is 0 Å². The van der Waals surface area contributed by atoms with Crippen molar-refractivity contribution in [2.45, 2.75) is 85.5 Å². The number of hydrogen-bond donors (Lipinski definition) is 0. The Kier molecular flexibility index (Phi) is 7.23. The minimum absolute atomic E-state index is 1.02. The van der Waals surface area contributed by atoms with Gasteiger partial charge in [0.15, 0.2) is 0 Å². The van der Waals surface area contributed by atoms with E-state index in [1.807, 2.05) is 0 Å². The van der Waals surface area contributed by atoms with Crippen molar-refractivity contribution in [3.05, 3.63) is 0 Å². The van der Waals surface area contributed by atoms with Crippen LogP contribution in [0.2, 0.25) is 0 Å².